The van der Waals surface area contributed by atoms with Gasteiger partial charge in [0.25, 0.3) is 0 Å². The normalized spacial score (nSPS) is 11.2. The van der Waals surface area contributed by atoms with Gasteiger partial charge in [0.2, 0.25) is 0 Å². The van der Waals surface area contributed by atoms with Gasteiger partial charge < -0.3 is 16.0 Å². The van der Waals surface area contributed by atoms with Gasteiger partial charge >= 0.3 is 0 Å². The Morgan fingerprint density at radius 1 is 1.45 bits per heavy atom. The van der Waals surface area contributed by atoms with Crippen molar-refractivity contribution in [3.05, 3.63) is 46.6 Å². The van der Waals surface area contributed by atoms with Crippen molar-refractivity contribution in [3.8, 4) is 0 Å². The lowest BCUT2D eigenvalue weighted by atomic mass is 10.1. The van der Waals surface area contributed by atoms with E-state index >= 15 is 0 Å². The van der Waals surface area contributed by atoms with Crippen molar-refractivity contribution in [2.45, 2.75) is 27.2 Å². The molecule has 0 spiro atoms. The van der Waals surface area contributed by atoms with Crippen LogP contribution in [0, 0.1) is 12.3 Å². The van der Waals surface area contributed by atoms with Crippen LogP contribution >= 0.6 is 11.6 Å². The average Bonchev–Trinajstić information content (AvgIpc) is 2.41. The highest BCUT2D eigenvalue weighted by molar-refractivity contribution is 6.35. The topological polar surface area (TPSA) is 47.9 Å². The molecule has 3 nitrogen and oxygen atoms in total. The van der Waals surface area contributed by atoms with Gasteiger partial charge in [-0.05, 0) is 31.9 Å². The van der Waals surface area contributed by atoms with Crippen LogP contribution in [0.2, 0.25) is 5.02 Å². The second-order valence-electron chi connectivity index (χ2n) is 4.71. The summed E-state index contributed by atoms with van der Waals surface area (Å²) >= 11 is 6.50. The Bertz CT molecular complexity index is 559. The monoisotopic (exact) mass is 291 g/mol. The van der Waals surface area contributed by atoms with E-state index in [0.29, 0.717) is 17.2 Å². The lowest BCUT2D eigenvalue weighted by Crippen LogP contribution is -2.09. The zero-order chi connectivity index (χ0) is 15.3. The van der Waals surface area contributed by atoms with E-state index in [1.54, 1.807) is 6.08 Å². The number of anilines is 1. The zero-order valence-corrected chi connectivity index (χ0v) is 13.3. The Morgan fingerprint density at radius 2 is 2.10 bits per heavy atom. The van der Waals surface area contributed by atoms with Crippen LogP contribution in [0.4, 0.5) is 5.69 Å². The minimum atomic E-state index is 0.556. The highest BCUT2D eigenvalue weighted by Crippen LogP contribution is 2.33. The Labute approximate surface area is 126 Å². The van der Waals surface area contributed by atoms with E-state index < -0.39 is 0 Å². The molecule has 0 aliphatic carbocycles. The number of nitrogens with one attached hydrogen (secondary N) is 3. The van der Waals surface area contributed by atoms with Crippen molar-refractivity contribution < 1.29 is 0 Å². The molecular weight excluding hydrogens is 270 g/mol. The Kier molecular flexibility index (Phi) is 5.83. The van der Waals surface area contributed by atoms with E-state index in [2.05, 4.69) is 17.2 Å². The molecule has 1 rings (SSSR count). The van der Waals surface area contributed by atoms with Gasteiger partial charge in [0.05, 0.1) is 10.7 Å². The fourth-order valence-corrected chi connectivity index (χ4v) is 2.17. The van der Waals surface area contributed by atoms with Gasteiger partial charge in [-0.2, -0.15) is 0 Å². The van der Waals surface area contributed by atoms with Gasteiger partial charge in [0.1, 0.15) is 0 Å². The third-order valence-electron chi connectivity index (χ3n) is 2.95. The van der Waals surface area contributed by atoms with Crippen LogP contribution in [0.15, 0.2) is 30.5 Å². The first-order valence-electron chi connectivity index (χ1n) is 6.59. The van der Waals surface area contributed by atoms with Crippen molar-refractivity contribution in [1.29, 1.82) is 5.41 Å². The molecule has 0 bridgehead atoms. The van der Waals surface area contributed by atoms with Crippen molar-refractivity contribution >= 4 is 28.7 Å². The highest BCUT2D eigenvalue weighted by atomic mass is 35.5. The molecule has 0 unspecified atom stereocenters. The van der Waals surface area contributed by atoms with E-state index in [-0.39, 0.29) is 0 Å². The fourth-order valence-electron chi connectivity index (χ4n) is 1.81. The average molecular weight is 292 g/mol. The molecular formula is C16H22ClN3. The number of halogens is 1. The van der Waals surface area contributed by atoms with Gasteiger partial charge in [0, 0.05) is 29.7 Å². The minimum absolute atomic E-state index is 0.556. The first-order valence-corrected chi connectivity index (χ1v) is 6.97. The predicted octanol–water partition coefficient (Wildman–Crippen LogP) is 4.58. The van der Waals surface area contributed by atoms with E-state index in [1.807, 2.05) is 40.0 Å². The molecule has 0 aliphatic rings. The molecule has 0 heterocycles. The van der Waals surface area contributed by atoms with E-state index in [9.17, 15) is 0 Å². The molecule has 0 saturated heterocycles. The van der Waals surface area contributed by atoms with Crippen molar-refractivity contribution in [3.63, 3.8) is 0 Å². The summed E-state index contributed by atoms with van der Waals surface area (Å²) in [6, 6.07) is 3.97. The van der Waals surface area contributed by atoms with Crippen LogP contribution in [-0.2, 0) is 0 Å². The first-order chi connectivity index (χ1) is 9.40. The third kappa shape index (κ3) is 3.87. The van der Waals surface area contributed by atoms with Crippen LogP contribution in [-0.4, -0.2) is 12.8 Å². The Balaban J connectivity index is 3.34. The van der Waals surface area contributed by atoms with Crippen LogP contribution in [0.25, 0.3) is 5.70 Å². The first kappa shape index (κ1) is 16.3. The fraction of sp³-hybridized carbons (Fsp3) is 0.312. The van der Waals surface area contributed by atoms with E-state index in [4.69, 9.17) is 17.0 Å². The molecule has 0 amide bonds. The van der Waals surface area contributed by atoms with Gasteiger partial charge in [-0.25, -0.2) is 0 Å². The molecule has 0 aromatic heterocycles. The largest absolute Gasteiger partial charge is 0.388 e. The number of allylic oxidation sites excluding steroid dienone is 2. The Morgan fingerprint density at radius 3 is 2.60 bits per heavy atom. The maximum atomic E-state index is 7.81. The molecule has 3 N–H and O–H groups in total. The van der Waals surface area contributed by atoms with Crippen LogP contribution < -0.4 is 10.6 Å². The summed E-state index contributed by atoms with van der Waals surface area (Å²) in [6.07, 6.45) is 2.49. The van der Waals surface area contributed by atoms with Crippen LogP contribution in [0.3, 0.4) is 0 Å². The molecule has 20 heavy (non-hydrogen) atoms. The van der Waals surface area contributed by atoms with Gasteiger partial charge in [-0.3, -0.25) is 0 Å². The smallest absolute Gasteiger partial charge is 0.0736 e. The molecule has 0 fully saturated rings. The van der Waals surface area contributed by atoms with Crippen LogP contribution in [0.5, 0.6) is 0 Å². The maximum absolute atomic E-state index is 7.81. The minimum Gasteiger partial charge on any atom is -0.388 e. The standard InChI is InChI=1S/C16H22ClN3/c1-6-12(18)9-14(19-5)13-8-7-11(4)16(15(13)17)20-10(2)3/h7-9,18-20H,2,6H2,1,3-5H3/b14-9-,18-12?. The summed E-state index contributed by atoms with van der Waals surface area (Å²) in [5.41, 5.74) is 5.03. The third-order valence-corrected chi connectivity index (χ3v) is 3.34. The second kappa shape index (κ2) is 7.15. The summed E-state index contributed by atoms with van der Waals surface area (Å²) < 4.78 is 0. The van der Waals surface area contributed by atoms with Crippen molar-refractivity contribution in [2.24, 2.45) is 0 Å². The maximum Gasteiger partial charge on any atom is 0.0736 e. The molecule has 108 valence electrons. The summed E-state index contributed by atoms with van der Waals surface area (Å²) in [6.45, 7) is 9.70. The quantitative estimate of drug-likeness (QED) is 0.672. The molecule has 0 saturated carbocycles. The lowest BCUT2D eigenvalue weighted by Gasteiger charge is -2.16. The van der Waals surface area contributed by atoms with Gasteiger partial charge in [-0.1, -0.05) is 37.2 Å². The summed E-state index contributed by atoms with van der Waals surface area (Å²) in [7, 11) is 1.83. The number of aryl methyl sites for hydroxylation is 1. The van der Waals surface area contributed by atoms with Crippen molar-refractivity contribution in [2.75, 3.05) is 12.4 Å². The highest BCUT2D eigenvalue weighted by Gasteiger charge is 2.12. The molecule has 1 aromatic rings. The predicted molar refractivity (Wildman–Crippen MR) is 89.7 cm³/mol. The molecule has 0 radical (unpaired) electrons. The summed E-state index contributed by atoms with van der Waals surface area (Å²) in [5.74, 6) is 0. The SMILES string of the molecule is C=C(C)Nc1c(C)ccc(/C(=C/C(=N)CC)NC)c1Cl. The van der Waals surface area contributed by atoms with Gasteiger partial charge in [-0.15, -0.1) is 0 Å². The number of hydrogen-bond donors (Lipinski definition) is 3. The van der Waals surface area contributed by atoms with Gasteiger partial charge in [0.15, 0.2) is 0 Å². The second-order valence-corrected chi connectivity index (χ2v) is 5.09. The van der Waals surface area contributed by atoms with E-state index in [0.717, 1.165) is 28.2 Å². The van der Waals surface area contributed by atoms with E-state index in [1.165, 1.54) is 0 Å². The lowest BCUT2D eigenvalue weighted by molar-refractivity contribution is 1.12. The molecule has 0 aliphatic heterocycles. The summed E-state index contributed by atoms with van der Waals surface area (Å²) in [4.78, 5) is 0. The zero-order valence-electron chi connectivity index (χ0n) is 12.5. The van der Waals surface area contributed by atoms with Crippen LogP contribution in [0.1, 0.15) is 31.4 Å². The number of benzene rings is 1. The molecule has 0 atom stereocenters. The molecule has 4 heteroatoms. The Hall–Kier alpha value is -1.74. The number of rotatable bonds is 6. The van der Waals surface area contributed by atoms with Crippen molar-refractivity contribution in [1.82, 2.24) is 5.32 Å². The summed E-state index contributed by atoms with van der Waals surface area (Å²) in [5, 5.41) is 14.8. The molecule has 1 aromatic carbocycles. The number of hydrogen-bond acceptors (Lipinski definition) is 3.